The lowest BCUT2D eigenvalue weighted by Crippen LogP contribution is -2.29. The number of benzene rings is 2. The summed E-state index contributed by atoms with van der Waals surface area (Å²) in [7, 11) is -0.543. The van der Waals surface area contributed by atoms with E-state index in [0.29, 0.717) is 6.16 Å². The van der Waals surface area contributed by atoms with Gasteiger partial charge in [0.1, 0.15) is 19.5 Å². The zero-order chi connectivity index (χ0) is 17.0. The van der Waals surface area contributed by atoms with Crippen molar-refractivity contribution in [3.05, 3.63) is 78.9 Å². The predicted octanol–water partition coefficient (Wildman–Crippen LogP) is 3.03. The Balaban J connectivity index is 1.84. The van der Waals surface area contributed by atoms with E-state index in [0.717, 1.165) is 23.6 Å². The lowest BCUT2D eigenvalue weighted by Gasteiger charge is -2.19. The van der Waals surface area contributed by atoms with Gasteiger partial charge in [0.2, 0.25) is 0 Å². The summed E-state index contributed by atoms with van der Waals surface area (Å²) >= 11 is 0. The number of hydrogen-bond acceptors (Lipinski definition) is 1. The molecule has 0 unspecified atom stereocenters. The zero-order valence-electron chi connectivity index (χ0n) is 14.3. The first-order chi connectivity index (χ1) is 11.6. The predicted molar refractivity (Wildman–Crippen MR) is 99.6 cm³/mol. The van der Waals surface area contributed by atoms with Crippen LogP contribution in [0.15, 0.2) is 73.1 Å². The Morgan fingerprint density at radius 1 is 0.958 bits per heavy atom. The van der Waals surface area contributed by atoms with Gasteiger partial charge in [-0.15, -0.1) is 0 Å². The molecule has 3 nitrogen and oxygen atoms in total. The van der Waals surface area contributed by atoms with Crippen molar-refractivity contribution in [3.63, 3.8) is 0 Å². The van der Waals surface area contributed by atoms with Crippen LogP contribution in [0.3, 0.4) is 0 Å². The number of nitrogens with zero attached hydrogens (tertiary/aromatic N) is 2. The Kier molecular flexibility index (Phi) is 5.01. The molecule has 0 N–H and O–H groups in total. The maximum atomic E-state index is 13.9. The van der Waals surface area contributed by atoms with Crippen LogP contribution in [0.4, 0.5) is 0 Å². The fourth-order valence-corrected chi connectivity index (χ4v) is 5.75. The molecular formula is C20H24N2OP+. The molecule has 0 spiro atoms. The van der Waals surface area contributed by atoms with Crippen molar-refractivity contribution in [2.24, 2.45) is 7.05 Å². The van der Waals surface area contributed by atoms with Crippen molar-refractivity contribution in [2.45, 2.75) is 19.9 Å². The van der Waals surface area contributed by atoms with E-state index in [1.807, 2.05) is 67.7 Å². The lowest BCUT2D eigenvalue weighted by atomic mass is 10.4. The maximum absolute atomic E-state index is 13.9. The van der Waals surface area contributed by atoms with Crippen LogP contribution in [0.1, 0.15) is 12.2 Å². The van der Waals surface area contributed by atoms with E-state index in [2.05, 4.69) is 28.5 Å². The van der Waals surface area contributed by atoms with Gasteiger partial charge in [-0.05, 0) is 6.42 Å². The summed E-state index contributed by atoms with van der Waals surface area (Å²) in [6.07, 6.45) is 5.72. The standard InChI is InChI=1S/C20H24N2OP/c1-18-21(2)15-16-22(18)14-9-17-24(23,19-10-5-3-6-11-19)20-12-7-4-8-13-20/h3-8,10-13,15-16H,9,14,17H2,1-2H3/q+1. The Hall–Kier alpha value is -2.12. The van der Waals surface area contributed by atoms with Crippen LogP contribution in [0.5, 0.6) is 0 Å². The van der Waals surface area contributed by atoms with Crippen LogP contribution >= 0.6 is 7.14 Å². The summed E-state index contributed by atoms with van der Waals surface area (Å²) in [5.41, 5.74) is 0. The highest BCUT2D eigenvalue weighted by atomic mass is 31.2. The number of hydrogen-bond donors (Lipinski definition) is 0. The van der Waals surface area contributed by atoms with Gasteiger partial charge < -0.3 is 4.57 Å². The first-order valence-corrected chi connectivity index (χ1v) is 10.2. The van der Waals surface area contributed by atoms with Gasteiger partial charge in [-0.1, -0.05) is 60.7 Å². The molecule has 0 bridgehead atoms. The maximum Gasteiger partial charge on any atom is 0.253 e. The van der Waals surface area contributed by atoms with E-state index < -0.39 is 7.14 Å². The molecule has 0 saturated carbocycles. The van der Waals surface area contributed by atoms with E-state index in [-0.39, 0.29) is 0 Å². The number of aryl methyl sites for hydroxylation is 2. The minimum absolute atomic E-state index is 0.683. The van der Waals surface area contributed by atoms with Crippen LogP contribution < -0.4 is 15.2 Å². The Morgan fingerprint density at radius 3 is 1.96 bits per heavy atom. The number of aromatic nitrogens is 2. The molecule has 3 aromatic rings. The van der Waals surface area contributed by atoms with E-state index in [9.17, 15) is 4.57 Å². The minimum atomic E-state index is -2.59. The van der Waals surface area contributed by atoms with E-state index >= 15 is 0 Å². The molecule has 1 heterocycles. The summed E-state index contributed by atoms with van der Waals surface area (Å²) in [5.74, 6) is 1.21. The van der Waals surface area contributed by atoms with Gasteiger partial charge in [-0.25, -0.2) is 9.13 Å². The monoisotopic (exact) mass is 339 g/mol. The molecule has 0 aliphatic carbocycles. The topological polar surface area (TPSA) is 25.9 Å². The van der Waals surface area contributed by atoms with E-state index in [1.54, 1.807) is 0 Å². The second-order valence-corrected chi connectivity index (χ2v) is 9.10. The molecule has 0 amide bonds. The third-order valence-electron chi connectivity index (χ3n) is 4.61. The van der Waals surface area contributed by atoms with Gasteiger partial charge in [0, 0.05) is 23.7 Å². The van der Waals surface area contributed by atoms with E-state index in [4.69, 9.17) is 0 Å². The normalized spacial score (nSPS) is 11.6. The van der Waals surface area contributed by atoms with Crippen molar-refractivity contribution < 1.29 is 9.13 Å². The largest absolute Gasteiger partial charge is 0.314 e. The van der Waals surface area contributed by atoms with Gasteiger partial charge in [0.25, 0.3) is 5.82 Å². The molecular weight excluding hydrogens is 315 g/mol. The molecule has 124 valence electrons. The fraction of sp³-hybridized carbons (Fsp3) is 0.250. The van der Waals surface area contributed by atoms with Gasteiger partial charge >= 0.3 is 0 Å². The van der Waals surface area contributed by atoms with Gasteiger partial charge in [-0.3, -0.25) is 0 Å². The third kappa shape index (κ3) is 3.37. The van der Waals surface area contributed by atoms with Crippen LogP contribution in [0.25, 0.3) is 0 Å². The van der Waals surface area contributed by atoms with Crippen LogP contribution in [-0.4, -0.2) is 10.7 Å². The van der Waals surface area contributed by atoms with Crippen LogP contribution in [0.2, 0.25) is 0 Å². The molecule has 3 rings (SSSR count). The first-order valence-electron chi connectivity index (χ1n) is 8.33. The van der Waals surface area contributed by atoms with Gasteiger partial charge in [0.15, 0.2) is 0 Å². The zero-order valence-corrected chi connectivity index (χ0v) is 15.2. The van der Waals surface area contributed by atoms with Crippen molar-refractivity contribution in [2.75, 3.05) is 6.16 Å². The molecule has 0 aliphatic rings. The highest BCUT2D eigenvalue weighted by Crippen LogP contribution is 2.43. The molecule has 2 aromatic carbocycles. The first kappa shape index (κ1) is 16.7. The number of rotatable bonds is 6. The SMILES string of the molecule is Cc1n(CCCP(=O)(c2ccccc2)c2ccccc2)cc[n+]1C. The Bertz CT molecular complexity index is 797. The molecule has 0 fully saturated rings. The minimum Gasteiger partial charge on any atom is -0.314 e. The molecule has 0 aliphatic heterocycles. The molecule has 0 saturated heterocycles. The Labute approximate surface area is 144 Å². The Morgan fingerprint density at radius 2 is 1.50 bits per heavy atom. The van der Waals surface area contributed by atoms with Gasteiger partial charge in [0.05, 0.1) is 13.6 Å². The van der Waals surface area contributed by atoms with Crippen molar-refractivity contribution >= 4 is 17.8 Å². The number of imidazole rings is 1. The average molecular weight is 339 g/mol. The van der Waals surface area contributed by atoms with E-state index in [1.165, 1.54) is 5.82 Å². The summed E-state index contributed by atoms with van der Waals surface area (Å²) < 4.78 is 18.2. The summed E-state index contributed by atoms with van der Waals surface area (Å²) in [4.78, 5) is 0. The quantitative estimate of drug-likeness (QED) is 0.501. The molecule has 24 heavy (non-hydrogen) atoms. The van der Waals surface area contributed by atoms with Crippen molar-refractivity contribution in [1.29, 1.82) is 0 Å². The summed E-state index contributed by atoms with van der Waals surface area (Å²) in [6.45, 7) is 2.99. The smallest absolute Gasteiger partial charge is 0.253 e. The van der Waals surface area contributed by atoms with Crippen LogP contribution in [0, 0.1) is 6.92 Å². The van der Waals surface area contributed by atoms with Crippen molar-refractivity contribution in [1.82, 2.24) is 4.57 Å². The molecule has 0 atom stereocenters. The lowest BCUT2D eigenvalue weighted by molar-refractivity contribution is -0.677. The van der Waals surface area contributed by atoms with Crippen LogP contribution in [-0.2, 0) is 18.2 Å². The fourth-order valence-electron chi connectivity index (χ4n) is 3.04. The van der Waals surface area contributed by atoms with Gasteiger partial charge in [-0.2, -0.15) is 0 Å². The second kappa shape index (κ2) is 7.19. The average Bonchev–Trinajstić information content (AvgIpc) is 2.95. The molecule has 1 aromatic heterocycles. The second-order valence-electron chi connectivity index (χ2n) is 6.14. The van der Waals surface area contributed by atoms with Crippen molar-refractivity contribution in [3.8, 4) is 0 Å². The summed E-state index contributed by atoms with van der Waals surface area (Å²) in [6, 6.07) is 19.8. The highest BCUT2D eigenvalue weighted by molar-refractivity contribution is 7.78. The molecule has 4 heteroatoms. The third-order valence-corrected chi connectivity index (χ3v) is 7.83. The highest BCUT2D eigenvalue weighted by Gasteiger charge is 2.26. The molecule has 0 radical (unpaired) electrons. The summed E-state index contributed by atoms with van der Waals surface area (Å²) in [5, 5.41) is 1.90.